The highest BCUT2D eigenvalue weighted by atomic mass is 79.9. The predicted molar refractivity (Wildman–Crippen MR) is 170 cm³/mol. The molecule has 1 aliphatic carbocycles. The fourth-order valence-corrected chi connectivity index (χ4v) is 8.45. The minimum Gasteiger partial charge on any atom is -0.503 e. The topological polar surface area (TPSA) is 106 Å². The average Bonchev–Trinajstić information content (AvgIpc) is 3.64. The number of anilines is 2. The highest BCUT2D eigenvalue weighted by Gasteiger charge is 2.61. The number of phenolic OH excluding ortho intramolecular Hbond substituents is 1. The number of amides is 2. The van der Waals surface area contributed by atoms with Crippen LogP contribution < -0.4 is 14.7 Å². The smallest absolute Gasteiger partial charge is 0.341 e. The summed E-state index contributed by atoms with van der Waals surface area (Å²) >= 11 is 4.75. The molecule has 0 unspecified atom stereocenters. The number of benzene rings is 2. The number of hydrogen-bond acceptors (Lipinski definition) is 9. The SMILES string of the molecule is CCOc1cc([C@@H]2[C@@H]3C(=O)N(c4sc5c(c4C(=O)OC)CC[C@@H](C(C)(C)C)C5)C(=O)[C@@H]3ON2c2ccccc2)cc(Br)c1O. The van der Waals surface area contributed by atoms with Gasteiger partial charge >= 0.3 is 5.97 Å². The van der Waals surface area contributed by atoms with Crippen LogP contribution in [0.2, 0.25) is 0 Å². The highest BCUT2D eigenvalue weighted by Crippen LogP contribution is 2.52. The number of carbonyl (C=O) groups is 3. The number of nitrogens with zero attached hydrogens (tertiary/aromatic N) is 2. The van der Waals surface area contributed by atoms with Crippen molar-refractivity contribution in [2.45, 2.75) is 59.1 Å². The number of hydroxylamine groups is 1. The zero-order chi connectivity index (χ0) is 31.5. The Balaban J connectivity index is 1.45. The zero-order valence-electron chi connectivity index (χ0n) is 25.3. The monoisotopic (exact) mass is 682 g/mol. The summed E-state index contributed by atoms with van der Waals surface area (Å²) in [5, 5.41) is 12.5. The Morgan fingerprint density at radius 1 is 1.16 bits per heavy atom. The summed E-state index contributed by atoms with van der Waals surface area (Å²) in [6.07, 6.45) is 1.21. The van der Waals surface area contributed by atoms with Crippen LogP contribution in [0.3, 0.4) is 0 Å². The van der Waals surface area contributed by atoms with Crippen LogP contribution in [0.15, 0.2) is 46.9 Å². The fourth-order valence-electron chi connectivity index (χ4n) is 6.56. The quantitative estimate of drug-likeness (QED) is 0.229. The molecule has 0 radical (unpaired) electrons. The van der Waals surface area contributed by atoms with Gasteiger partial charge in [-0.05, 0) is 88.8 Å². The number of imide groups is 1. The molecule has 4 atom stereocenters. The van der Waals surface area contributed by atoms with Gasteiger partial charge in [0.25, 0.3) is 5.91 Å². The molecule has 0 saturated carbocycles. The Bertz CT molecular complexity index is 1630. The average molecular weight is 684 g/mol. The number of halogens is 1. The van der Waals surface area contributed by atoms with Gasteiger partial charge in [-0.25, -0.2) is 14.8 Å². The maximum atomic E-state index is 14.5. The number of rotatable bonds is 6. The fraction of sp³-hybridized carbons (Fsp3) is 0.424. The van der Waals surface area contributed by atoms with E-state index >= 15 is 0 Å². The van der Waals surface area contributed by atoms with E-state index < -0.39 is 35.8 Å². The number of thiophene rings is 1. The van der Waals surface area contributed by atoms with Gasteiger partial charge in [-0.2, -0.15) is 0 Å². The molecule has 1 N–H and O–H groups in total. The molecule has 2 saturated heterocycles. The normalized spacial score (nSPS) is 23.1. The molecular formula is C33H35BrN2O7S. The van der Waals surface area contributed by atoms with Crippen LogP contribution in [-0.2, 0) is 32.0 Å². The molecule has 44 heavy (non-hydrogen) atoms. The van der Waals surface area contributed by atoms with Crippen molar-refractivity contribution in [1.82, 2.24) is 0 Å². The van der Waals surface area contributed by atoms with E-state index in [4.69, 9.17) is 14.3 Å². The van der Waals surface area contributed by atoms with E-state index in [0.717, 1.165) is 28.2 Å². The number of methoxy groups -OCH3 is 1. The van der Waals surface area contributed by atoms with Gasteiger partial charge in [0.1, 0.15) is 10.9 Å². The van der Waals surface area contributed by atoms with Crippen molar-refractivity contribution >= 4 is 55.7 Å². The van der Waals surface area contributed by atoms with Gasteiger partial charge < -0.3 is 14.6 Å². The third kappa shape index (κ3) is 4.98. The first kappa shape index (κ1) is 30.6. The molecule has 3 aliphatic rings. The van der Waals surface area contributed by atoms with Gasteiger partial charge in [0.05, 0.1) is 35.5 Å². The summed E-state index contributed by atoms with van der Waals surface area (Å²) in [6, 6.07) is 11.9. The number of carbonyl (C=O) groups excluding carboxylic acids is 3. The van der Waals surface area contributed by atoms with Crippen molar-refractivity contribution in [3.63, 3.8) is 0 Å². The van der Waals surface area contributed by atoms with E-state index in [0.29, 0.717) is 45.2 Å². The Kier molecular flexibility index (Phi) is 8.00. The van der Waals surface area contributed by atoms with Gasteiger partial charge in [-0.3, -0.25) is 14.4 Å². The van der Waals surface area contributed by atoms with Crippen molar-refractivity contribution in [3.8, 4) is 11.5 Å². The molecule has 0 bridgehead atoms. The van der Waals surface area contributed by atoms with Gasteiger partial charge in [0.15, 0.2) is 17.6 Å². The van der Waals surface area contributed by atoms with Gasteiger partial charge in [-0.15, -0.1) is 11.3 Å². The number of esters is 1. The number of para-hydroxylation sites is 1. The lowest BCUT2D eigenvalue weighted by Gasteiger charge is -2.33. The summed E-state index contributed by atoms with van der Waals surface area (Å²) in [6.45, 7) is 8.76. The third-order valence-corrected chi connectivity index (χ3v) is 10.7. The summed E-state index contributed by atoms with van der Waals surface area (Å²) in [5.41, 5.74) is 2.51. The molecular weight excluding hydrogens is 648 g/mol. The third-order valence-electron chi connectivity index (χ3n) is 8.88. The minimum atomic E-state index is -1.12. The molecule has 3 aromatic rings. The molecule has 2 aromatic carbocycles. The van der Waals surface area contributed by atoms with Gasteiger partial charge in [0.2, 0.25) is 5.91 Å². The molecule has 2 aliphatic heterocycles. The van der Waals surface area contributed by atoms with Crippen LogP contribution >= 0.6 is 27.3 Å². The van der Waals surface area contributed by atoms with Crippen molar-refractivity contribution in [3.05, 3.63) is 68.5 Å². The summed E-state index contributed by atoms with van der Waals surface area (Å²) < 4.78 is 11.3. The lowest BCUT2D eigenvalue weighted by Crippen LogP contribution is -2.37. The standard InChI is InChI=1S/C33H35BrN2O7S/c1-6-42-22-15-17(14-21(34)27(22)37)26-25-28(43-36(26)19-10-8-7-9-11-19)30(39)35(29(25)38)31-24(32(40)41-5)20-13-12-18(33(2,3)4)16-23(20)44-31/h7-11,14-15,18,25-26,28,37H,6,12-13,16H2,1-5H3/t18-,25+,26-,28-/m1/s1. The molecule has 0 spiro atoms. The van der Waals surface area contributed by atoms with Crippen LogP contribution in [0.5, 0.6) is 11.5 Å². The zero-order valence-corrected chi connectivity index (χ0v) is 27.7. The molecule has 232 valence electrons. The predicted octanol–water partition coefficient (Wildman–Crippen LogP) is 6.60. The summed E-state index contributed by atoms with van der Waals surface area (Å²) in [5.74, 6) is -1.89. The second kappa shape index (κ2) is 11.5. The molecule has 1 aromatic heterocycles. The first-order valence-corrected chi connectivity index (χ1v) is 16.3. The van der Waals surface area contributed by atoms with Crippen molar-refractivity contribution in [2.24, 2.45) is 17.3 Å². The van der Waals surface area contributed by atoms with Crippen LogP contribution in [0.1, 0.15) is 66.5 Å². The number of fused-ring (bicyclic) bond motifs is 2. The van der Waals surface area contributed by atoms with Crippen LogP contribution in [0.25, 0.3) is 0 Å². The lowest BCUT2D eigenvalue weighted by atomic mass is 9.72. The second-order valence-electron chi connectivity index (χ2n) is 12.4. The van der Waals surface area contributed by atoms with E-state index in [2.05, 4.69) is 36.7 Å². The highest BCUT2D eigenvalue weighted by molar-refractivity contribution is 9.10. The van der Waals surface area contributed by atoms with E-state index in [9.17, 15) is 19.5 Å². The summed E-state index contributed by atoms with van der Waals surface area (Å²) in [4.78, 5) is 50.3. The minimum absolute atomic E-state index is 0.0618. The van der Waals surface area contributed by atoms with E-state index in [1.165, 1.54) is 18.4 Å². The van der Waals surface area contributed by atoms with E-state index in [1.54, 1.807) is 17.2 Å². The second-order valence-corrected chi connectivity index (χ2v) is 14.4. The molecule has 6 rings (SSSR count). The van der Waals surface area contributed by atoms with E-state index in [1.807, 2.05) is 37.3 Å². The van der Waals surface area contributed by atoms with Crippen molar-refractivity contribution < 1.29 is 33.8 Å². The maximum Gasteiger partial charge on any atom is 0.341 e. The van der Waals surface area contributed by atoms with Crippen molar-refractivity contribution in [1.29, 1.82) is 0 Å². The lowest BCUT2D eigenvalue weighted by molar-refractivity contribution is -0.126. The molecule has 9 nitrogen and oxygen atoms in total. The van der Waals surface area contributed by atoms with Crippen LogP contribution in [0, 0.1) is 17.3 Å². The number of aromatic hydroxyl groups is 1. The molecule has 2 fully saturated rings. The first-order chi connectivity index (χ1) is 21.0. The Hall–Kier alpha value is -3.41. The van der Waals surface area contributed by atoms with Crippen LogP contribution in [-0.4, -0.2) is 42.7 Å². The number of phenols is 1. The van der Waals surface area contributed by atoms with E-state index in [-0.39, 0.29) is 16.9 Å². The first-order valence-electron chi connectivity index (χ1n) is 14.7. The van der Waals surface area contributed by atoms with Gasteiger partial charge in [0, 0.05) is 4.88 Å². The summed E-state index contributed by atoms with van der Waals surface area (Å²) in [7, 11) is 1.31. The molecule has 2 amide bonds. The Labute approximate surface area is 268 Å². The molecule has 3 heterocycles. The molecule has 11 heteroatoms. The Morgan fingerprint density at radius 3 is 2.55 bits per heavy atom. The number of hydrogen-bond donors (Lipinski definition) is 1. The van der Waals surface area contributed by atoms with Crippen molar-refractivity contribution in [2.75, 3.05) is 23.7 Å². The van der Waals surface area contributed by atoms with Crippen LogP contribution in [0.4, 0.5) is 10.7 Å². The number of ether oxygens (including phenoxy) is 2. The van der Waals surface area contributed by atoms with Gasteiger partial charge in [-0.1, -0.05) is 39.0 Å². The largest absolute Gasteiger partial charge is 0.503 e. The Morgan fingerprint density at radius 2 is 1.89 bits per heavy atom. The maximum absolute atomic E-state index is 14.5.